The predicted octanol–water partition coefficient (Wildman–Crippen LogP) is 3.18. The molecule has 0 saturated heterocycles. The van der Waals surface area contributed by atoms with Gasteiger partial charge in [0.2, 0.25) is 0 Å². The molecule has 1 unspecified atom stereocenters. The van der Waals surface area contributed by atoms with E-state index in [2.05, 4.69) is 20.8 Å². The topological polar surface area (TPSA) is 17.1 Å². The zero-order valence-electron chi connectivity index (χ0n) is 9.02. The monoisotopic (exact) mass is 180 g/mol. The quantitative estimate of drug-likeness (QED) is 0.559. The van der Waals surface area contributed by atoms with Gasteiger partial charge in [-0.05, 0) is 36.0 Å². The summed E-state index contributed by atoms with van der Waals surface area (Å²) in [6.07, 6.45) is 5.47. The molecule has 2 fully saturated rings. The zero-order chi connectivity index (χ0) is 9.69. The third-order valence-electron chi connectivity index (χ3n) is 3.78. The number of fused-ring (bicyclic) bond motifs is 2. The number of carbonyl (C=O) groups excluding carboxylic acids is 1. The highest BCUT2D eigenvalue weighted by Crippen LogP contribution is 2.55. The summed E-state index contributed by atoms with van der Waals surface area (Å²) in [7, 11) is 0. The molecule has 0 radical (unpaired) electrons. The van der Waals surface area contributed by atoms with Gasteiger partial charge in [0.15, 0.2) is 0 Å². The normalized spacial score (nSPS) is 50.7. The van der Waals surface area contributed by atoms with E-state index >= 15 is 0 Å². The number of rotatable bonds is 0. The van der Waals surface area contributed by atoms with E-state index < -0.39 is 0 Å². The Labute approximate surface area is 80.9 Å². The van der Waals surface area contributed by atoms with Gasteiger partial charge in [-0.1, -0.05) is 20.8 Å². The van der Waals surface area contributed by atoms with Crippen molar-refractivity contribution >= 4 is 5.78 Å². The Morgan fingerprint density at radius 2 is 1.62 bits per heavy atom. The molecular weight excluding hydrogens is 160 g/mol. The molecule has 0 heterocycles. The summed E-state index contributed by atoms with van der Waals surface area (Å²) >= 11 is 0. The lowest BCUT2D eigenvalue weighted by Crippen LogP contribution is -2.43. The van der Waals surface area contributed by atoms with Crippen molar-refractivity contribution in [3.05, 3.63) is 0 Å². The van der Waals surface area contributed by atoms with Gasteiger partial charge in [0.25, 0.3) is 0 Å². The molecule has 74 valence electrons. The van der Waals surface area contributed by atoms with Crippen LogP contribution in [0.2, 0.25) is 0 Å². The summed E-state index contributed by atoms with van der Waals surface area (Å²) in [5, 5.41) is 0. The van der Waals surface area contributed by atoms with Gasteiger partial charge in [0.05, 0.1) is 0 Å². The van der Waals surface area contributed by atoms with E-state index in [0.717, 1.165) is 18.8 Å². The lowest BCUT2D eigenvalue weighted by atomic mass is 9.53. The van der Waals surface area contributed by atoms with E-state index in [1.165, 1.54) is 19.3 Å². The summed E-state index contributed by atoms with van der Waals surface area (Å²) in [5.41, 5.74) is 0.670. The summed E-state index contributed by atoms with van der Waals surface area (Å²) < 4.78 is 0. The van der Waals surface area contributed by atoms with Crippen LogP contribution in [0.4, 0.5) is 0 Å². The maximum absolute atomic E-state index is 11.6. The second kappa shape index (κ2) is 2.59. The molecule has 1 heteroatoms. The Morgan fingerprint density at radius 3 is 2.08 bits per heavy atom. The van der Waals surface area contributed by atoms with E-state index in [1.807, 2.05) is 0 Å². The molecule has 0 aromatic rings. The minimum Gasteiger partial charge on any atom is -0.300 e. The summed E-state index contributed by atoms with van der Waals surface area (Å²) in [6.45, 7) is 6.95. The predicted molar refractivity (Wildman–Crippen MR) is 53.5 cm³/mol. The van der Waals surface area contributed by atoms with Crippen molar-refractivity contribution < 1.29 is 4.79 Å². The number of carbonyl (C=O) groups is 1. The first-order valence-electron chi connectivity index (χ1n) is 5.43. The Bertz CT molecular complexity index is 224. The molecule has 0 N–H and O–H groups in total. The lowest BCUT2D eigenvalue weighted by Gasteiger charge is -2.51. The van der Waals surface area contributed by atoms with Gasteiger partial charge in [0.1, 0.15) is 5.78 Å². The first-order valence-corrected chi connectivity index (χ1v) is 5.43. The largest absolute Gasteiger partial charge is 0.300 e. The second-order valence-corrected chi connectivity index (χ2v) is 6.20. The maximum Gasteiger partial charge on any atom is 0.133 e. The average molecular weight is 180 g/mol. The fourth-order valence-corrected chi connectivity index (χ4v) is 4.21. The molecule has 2 bridgehead atoms. The van der Waals surface area contributed by atoms with Crippen LogP contribution in [0, 0.1) is 16.7 Å². The van der Waals surface area contributed by atoms with Gasteiger partial charge in [-0.25, -0.2) is 0 Å². The fourth-order valence-electron chi connectivity index (χ4n) is 4.21. The molecule has 0 aromatic carbocycles. The lowest BCUT2D eigenvalue weighted by molar-refractivity contribution is -0.132. The minimum atomic E-state index is 0.335. The van der Waals surface area contributed by atoms with Crippen LogP contribution in [0.15, 0.2) is 0 Å². The number of ketones is 1. The molecule has 0 amide bonds. The van der Waals surface area contributed by atoms with Crippen molar-refractivity contribution in [3.63, 3.8) is 0 Å². The first kappa shape index (κ1) is 9.23. The van der Waals surface area contributed by atoms with Gasteiger partial charge < -0.3 is 0 Å². The first-order chi connectivity index (χ1) is 5.91. The van der Waals surface area contributed by atoms with Crippen LogP contribution < -0.4 is 0 Å². The van der Waals surface area contributed by atoms with E-state index in [-0.39, 0.29) is 0 Å². The molecule has 2 aliphatic rings. The Hall–Kier alpha value is -0.330. The van der Waals surface area contributed by atoms with Crippen molar-refractivity contribution in [3.8, 4) is 0 Å². The highest BCUT2D eigenvalue weighted by Gasteiger charge is 2.47. The average Bonchev–Trinajstić information content (AvgIpc) is 1.75. The van der Waals surface area contributed by atoms with E-state index in [1.54, 1.807) is 0 Å². The fraction of sp³-hybridized carbons (Fsp3) is 0.917. The van der Waals surface area contributed by atoms with Crippen LogP contribution in [0.1, 0.15) is 52.9 Å². The minimum absolute atomic E-state index is 0.335. The maximum atomic E-state index is 11.6. The molecular formula is C12H20O. The Morgan fingerprint density at radius 1 is 1.15 bits per heavy atom. The highest BCUT2D eigenvalue weighted by molar-refractivity contribution is 5.80. The number of hydrogen-bond acceptors (Lipinski definition) is 1. The van der Waals surface area contributed by atoms with Crippen molar-refractivity contribution in [1.82, 2.24) is 0 Å². The van der Waals surface area contributed by atoms with E-state index in [9.17, 15) is 4.79 Å². The van der Waals surface area contributed by atoms with E-state index in [0.29, 0.717) is 16.6 Å². The van der Waals surface area contributed by atoms with Gasteiger partial charge >= 0.3 is 0 Å². The van der Waals surface area contributed by atoms with Crippen LogP contribution in [-0.2, 0) is 4.79 Å². The smallest absolute Gasteiger partial charge is 0.133 e. The molecule has 2 rings (SSSR count). The van der Waals surface area contributed by atoms with Crippen molar-refractivity contribution in [2.24, 2.45) is 16.7 Å². The second-order valence-electron chi connectivity index (χ2n) is 6.20. The van der Waals surface area contributed by atoms with Crippen LogP contribution in [-0.4, -0.2) is 5.78 Å². The Balaban J connectivity index is 2.26. The number of hydrogen-bond donors (Lipinski definition) is 0. The molecule has 13 heavy (non-hydrogen) atoms. The van der Waals surface area contributed by atoms with Crippen LogP contribution in [0.25, 0.3) is 0 Å². The van der Waals surface area contributed by atoms with Gasteiger partial charge in [0, 0.05) is 12.8 Å². The molecule has 2 aliphatic carbocycles. The van der Waals surface area contributed by atoms with Gasteiger partial charge in [-0.15, -0.1) is 0 Å². The van der Waals surface area contributed by atoms with Crippen LogP contribution >= 0.6 is 0 Å². The highest BCUT2D eigenvalue weighted by atomic mass is 16.1. The summed E-state index contributed by atoms with van der Waals surface area (Å²) in [6, 6.07) is 0. The van der Waals surface area contributed by atoms with E-state index in [4.69, 9.17) is 0 Å². The molecule has 2 saturated carbocycles. The third kappa shape index (κ3) is 1.66. The van der Waals surface area contributed by atoms with Gasteiger partial charge in [-0.3, -0.25) is 4.79 Å². The molecule has 0 spiro atoms. The van der Waals surface area contributed by atoms with Crippen LogP contribution in [0.3, 0.4) is 0 Å². The third-order valence-corrected chi connectivity index (χ3v) is 3.78. The summed E-state index contributed by atoms with van der Waals surface area (Å²) in [4.78, 5) is 11.6. The summed E-state index contributed by atoms with van der Waals surface area (Å²) in [5.74, 6) is 1.32. The van der Waals surface area contributed by atoms with Crippen LogP contribution in [0.5, 0.6) is 0 Å². The standard InChI is InChI=1S/C12H20O/c1-9-4-11(2)6-10(13)7-12(3,5-9)8-11/h9H,4-8H2,1-3H3/t9?,11-,12+. The van der Waals surface area contributed by atoms with Crippen molar-refractivity contribution in [2.45, 2.75) is 52.9 Å². The molecule has 3 atom stereocenters. The van der Waals surface area contributed by atoms with Gasteiger partial charge in [-0.2, -0.15) is 0 Å². The Kier molecular flexibility index (Phi) is 1.84. The molecule has 0 aromatic heterocycles. The molecule has 1 nitrogen and oxygen atoms in total. The van der Waals surface area contributed by atoms with Crippen molar-refractivity contribution in [2.75, 3.05) is 0 Å². The zero-order valence-corrected chi connectivity index (χ0v) is 9.02. The molecule has 0 aliphatic heterocycles. The number of Topliss-reactive ketones (excluding diaryl/α,β-unsaturated/α-hetero) is 1. The SMILES string of the molecule is CC1C[C@]2(C)CC(=O)C[C@](C)(C1)C2. The van der Waals surface area contributed by atoms with Crippen molar-refractivity contribution in [1.29, 1.82) is 0 Å².